The number of nitrogen functional groups attached to an aromatic ring is 1. The second kappa shape index (κ2) is 4.40. The number of benzene rings is 1. The van der Waals surface area contributed by atoms with Gasteiger partial charge in [-0.1, -0.05) is 23.7 Å². The van der Waals surface area contributed by atoms with E-state index < -0.39 is 0 Å². The Morgan fingerprint density at radius 2 is 2.11 bits per heavy atom. The monoisotopic (exact) mass is 272 g/mol. The zero-order valence-electron chi connectivity index (χ0n) is 9.76. The number of nitrogens with two attached hydrogens (primary N) is 1. The number of fused-ring (bicyclic) bond motifs is 1. The molecule has 0 spiro atoms. The van der Waals surface area contributed by atoms with E-state index in [9.17, 15) is 4.79 Å². The van der Waals surface area contributed by atoms with Crippen LogP contribution in [0.25, 0.3) is 11.0 Å². The summed E-state index contributed by atoms with van der Waals surface area (Å²) in [6.07, 6.45) is 1.43. The fourth-order valence-corrected chi connectivity index (χ4v) is 2.03. The minimum absolute atomic E-state index is 0.209. The van der Waals surface area contributed by atoms with Crippen molar-refractivity contribution in [1.29, 1.82) is 0 Å². The Kier molecular flexibility index (Phi) is 2.72. The zero-order valence-corrected chi connectivity index (χ0v) is 10.5. The third kappa shape index (κ3) is 2.06. The lowest BCUT2D eigenvalue weighted by molar-refractivity contribution is 0.101. The summed E-state index contributed by atoms with van der Waals surface area (Å²) < 4.78 is 5.49. The van der Waals surface area contributed by atoms with Crippen molar-refractivity contribution in [3.05, 3.63) is 59.1 Å². The first kappa shape index (κ1) is 11.7. The summed E-state index contributed by atoms with van der Waals surface area (Å²) >= 11 is 6.00. The van der Waals surface area contributed by atoms with Crippen molar-refractivity contribution < 1.29 is 9.21 Å². The number of para-hydroxylation sites is 1. The number of ketones is 1. The number of halogens is 1. The predicted octanol–water partition coefficient (Wildman–Crippen LogP) is 3.29. The zero-order chi connectivity index (χ0) is 13.4. The number of rotatable bonds is 2. The van der Waals surface area contributed by atoms with Gasteiger partial charge in [0, 0.05) is 5.39 Å². The molecule has 19 heavy (non-hydrogen) atoms. The Morgan fingerprint density at radius 1 is 1.26 bits per heavy atom. The smallest absolute Gasteiger partial charge is 0.246 e. The fourth-order valence-electron chi connectivity index (χ4n) is 1.81. The standard InChI is InChI=1S/C14H9ClN2O2/c15-10-3-1-2-8-6-12(19-14(8)10)13(18)11-5-4-9(16)7-17-11/h1-7H,16H2. The Balaban J connectivity index is 2.06. The number of carbonyl (C=O) groups excluding carboxylic acids is 1. The SMILES string of the molecule is Nc1ccc(C(=O)c2cc3cccc(Cl)c3o2)nc1. The average molecular weight is 273 g/mol. The van der Waals surface area contributed by atoms with Gasteiger partial charge in [-0.3, -0.25) is 9.78 Å². The van der Waals surface area contributed by atoms with Crippen LogP contribution < -0.4 is 5.73 Å². The van der Waals surface area contributed by atoms with Crippen LogP contribution in [0.3, 0.4) is 0 Å². The van der Waals surface area contributed by atoms with Crippen LogP contribution in [0.1, 0.15) is 16.2 Å². The fraction of sp³-hybridized carbons (Fsp3) is 0. The van der Waals surface area contributed by atoms with Crippen molar-refractivity contribution in [3.63, 3.8) is 0 Å². The van der Waals surface area contributed by atoms with Crippen molar-refractivity contribution in [3.8, 4) is 0 Å². The topological polar surface area (TPSA) is 69.1 Å². The summed E-state index contributed by atoms with van der Waals surface area (Å²) in [5.74, 6) is -0.0901. The average Bonchev–Trinajstić information content (AvgIpc) is 2.84. The summed E-state index contributed by atoms with van der Waals surface area (Å²) in [5, 5.41) is 1.26. The van der Waals surface area contributed by atoms with Crippen LogP contribution in [0, 0.1) is 0 Å². The maximum atomic E-state index is 12.2. The molecule has 0 saturated heterocycles. The Hall–Kier alpha value is -2.33. The van der Waals surface area contributed by atoms with Gasteiger partial charge in [0.2, 0.25) is 5.78 Å². The summed E-state index contributed by atoms with van der Waals surface area (Å²) in [5.41, 5.74) is 6.82. The molecule has 0 aliphatic carbocycles. The summed E-state index contributed by atoms with van der Waals surface area (Å²) in [7, 11) is 0. The molecule has 0 aliphatic heterocycles. The van der Waals surface area contributed by atoms with Gasteiger partial charge in [0.15, 0.2) is 11.3 Å². The number of carbonyl (C=O) groups is 1. The number of furan rings is 1. The molecule has 3 aromatic rings. The van der Waals surface area contributed by atoms with Crippen LogP contribution in [0.5, 0.6) is 0 Å². The van der Waals surface area contributed by atoms with E-state index in [0.29, 0.717) is 16.3 Å². The van der Waals surface area contributed by atoms with Crippen molar-refractivity contribution in [2.24, 2.45) is 0 Å². The van der Waals surface area contributed by atoms with E-state index in [1.165, 1.54) is 6.20 Å². The van der Waals surface area contributed by atoms with Gasteiger partial charge >= 0.3 is 0 Å². The van der Waals surface area contributed by atoms with Crippen molar-refractivity contribution in [1.82, 2.24) is 4.98 Å². The number of aromatic nitrogens is 1. The predicted molar refractivity (Wildman–Crippen MR) is 73.3 cm³/mol. The van der Waals surface area contributed by atoms with E-state index in [-0.39, 0.29) is 17.2 Å². The first-order chi connectivity index (χ1) is 9.15. The lowest BCUT2D eigenvalue weighted by atomic mass is 10.2. The summed E-state index contributed by atoms with van der Waals surface area (Å²) in [6.45, 7) is 0. The molecule has 0 amide bonds. The molecular weight excluding hydrogens is 264 g/mol. The molecule has 1 aromatic carbocycles. The van der Waals surface area contributed by atoms with Crippen molar-refractivity contribution in [2.75, 3.05) is 5.73 Å². The Bertz CT molecular complexity index is 763. The van der Waals surface area contributed by atoms with E-state index in [1.54, 1.807) is 30.3 Å². The van der Waals surface area contributed by atoms with Gasteiger partial charge in [0.1, 0.15) is 5.69 Å². The van der Waals surface area contributed by atoms with Crippen LogP contribution in [-0.4, -0.2) is 10.8 Å². The molecule has 2 N–H and O–H groups in total. The van der Waals surface area contributed by atoms with Crippen molar-refractivity contribution >= 4 is 34.0 Å². The van der Waals surface area contributed by atoms with E-state index >= 15 is 0 Å². The van der Waals surface area contributed by atoms with Gasteiger partial charge < -0.3 is 10.2 Å². The largest absolute Gasteiger partial charge is 0.451 e. The number of hydrogen-bond acceptors (Lipinski definition) is 4. The van der Waals surface area contributed by atoms with Gasteiger partial charge in [-0.15, -0.1) is 0 Å². The van der Waals surface area contributed by atoms with Crippen LogP contribution in [0.15, 0.2) is 47.0 Å². The second-order valence-corrected chi connectivity index (χ2v) is 4.48. The van der Waals surface area contributed by atoms with Crippen LogP contribution in [0.2, 0.25) is 5.02 Å². The second-order valence-electron chi connectivity index (χ2n) is 4.07. The first-order valence-electron chi connectivity index (χ1n) is 5.59. The normalized spacial score (nSPS) is 10.8. The van der Waals surface area contributed by atoms with E-state index in [4.69, 9.17) is 21.8 Å². The molecule has 94 valence electrons. The molecule has 0 radical (unpaired) electrons. The van der Waals surface area contributed by atoms with E-state index in [1.807, 2.05) is 6.07 Å². The van der Waals surface area contributed by atoms with Crippen LogP contribution in [0.4, 0.5) is 5.69 Å². The lowest BCUT2D eigenvalue weighted by Gasteiger charge is -1.97. The third-order valence-corrected chi connectivity index (χ3v) is 3.04. The molecule has 2 aromatic heterocycles. The summed E-state index contributed by atoms with van der Waals surface area (Å²) in [6, 6.07) is 10.2. The van der Waals surface area contributed by atoms with Crippen molar-refractivity contribution in [2.45, 2.75) is 0 Å². The lowest BCUT2D eigenvalue weighted by Crippen LogP contribution is -2.02. The Labute approximate surface area is 113 Å². The Morgan fingerprint density at radius 3 is 2.79 bits per heavy atom. The van der Waals surface area contributed by atoms with Crippen LogP contribution >= 0.6 is 11.6 Å². The molecule has 0 unspecified atom stereocenters. The molecule has 4 nitrogen and oxygen atoms in total. The number of anilines is 1. The van der Waals surface area contributed by atoms with E-state index in [0.717, 1.165) is 5.39 Å². The molecule has 0 bridgehead atoms. The van der Waals surface area contributed by atoms with Gasteiger partial charge in [0.05, 0.1) is 16.9 Å². The minimum atomic E-state index is -0.299. The first-order valence-corrected chi connectivity index (χ1v) is 5.97. The third-order valence-electron chi connectivity index (χ3n) is 2.74. The molecule has 0 aliphatic rings. The highest BCUT2D eigenvalue weighted by Gasteiger charge is 2.16. The van der Waals surface area contributed by atoms with E-state index in [2.05, 4.69) is 4.98 Å². The van der Waals surface area contributed by atoms with Gasteiger partial charge in [-0.05, 0) is 24.3 Å². The molecule has 3 rings (SSSR count). The highest BCUT2D eigenvalue weighted by Crippen LogP contribution is 2.27. The highest BCUT2D eigenvalue weighted by atomic mass is 35.5. The maximum Gasteiger partial charge on any atom is 0.246 e. The molecule has 5 heteroatoms. The minimum Gasteiger partial charge on any atom is -0.451 e. The number of pyridine rings is 1. The quantitative estimate of drug-likeness (QED) is 0.727. The molecule has 0 fully saturated rings. The number of hydrogen-bond donors (Lipinski definition) is 1. The van der Waals surface area contributed by atoms with Crippen LogP contribution in [-0.2, 0) is 0 Å². The molecule has 0 atom stereocenters. The van der Waals surface area contributed by atoms with Gasteiger partial charge in [-0.25, -0.2) is 0 Å². The maximum absolute atomic E-state index is 12.2. The van der Waals surface area contributed by atoms with Gasteiger partial charge in [-0.2, -0.15) is 0 Å². The molecule has 0 saturated carbocycles. The number of nitrogens with zero attached hydrogens (tertiary/aromatic N) is 1. The highest BCUT2D eigenvalue weighted by molar-refractivity contribution is 6.35. The molecular formula is C14H9ClN2O2. The molecule has 2 heterocycles. The van der Waals surface area contributed by atoms with Gasteiger partial charge in [0.25, 0.3) is 0 Å². The summed E-state index contributed by atoms with van der Waals surface area (Å²) in [4.78, 5) is 16.2.